The summed E-state index contributed by atoms with van der Waals surface area (Å²) in [5.74, 6) is -7.84. The average molecular weight is 857 g/mol. The number of unbranched alkanes of at least 4 members (excludes halogenated alkanes) is 2. The Morgan fingerprint density at radius 3 is 2.44 bits per heavy atom. The summed E-state index contributed by atoms with van der Waals surface area (Å²) in [6, 6.07) is 2.21. The van der Waals surface area contributed by atoms with Crippen LogP contribution < -0.4 is 25.7 Å². The van der Waals surface area contributed by atoms with Gasteiger partial charge in [-0.05, 0) is 83.8 Å². The van der Waals surface area contributed by atoms with E-state index in [-0.39, 0.29) is 29.9 Å². The molecule has 4 amide bonds. The Morgan fingerprint density at radius 1 is 1.10 bits per heavy atom. The number of aromatic amines is 1. The van der Waals surface area contributed by atoms with E-state index < -0.39 is 110 Å². The molecule has 3 saturated carbocycles. The van der Waals surface area contributed by atoms with E-state index in [1.807, 2.05) is 4.72 Å². The van der Waals surface area contributed by atoms with Crippen LogP contribution in [-0.2, 0) is 35.1 Å². The van der Waals surface area contributed by atoms with Crippen LogP contribution >= 0.6 is 0 Å². The summed E-state index contributed by atoms with van der Waals surface area (Å²) < 4.78 is 94.9. The lowest BCUT2D eigenvalue weighted by Crippen LogP contribution is -2.59. The maximum Gasteiger partial charge on any atom is 0.408 e. The molecule has 15 nitrogen and oxygen atoms in total. The first-order valence-electron chi connectivity index (χ1n) is 20.0. The second-order valence-corrected chi connectivity index (χ2v) is 19.2. The van der Waals surface area contributed by atoms with E-state index in [9.17, 15) is 41.2 Å². The highest BCUT2D eigenvalue weighted by molar-refractivity contribution is 7.91. The molecule has 20 heteroatoms. The molecule has 2 aromatic rings. The predicted molar refractivity (Wildman–Crippen MR) is 205 cm³/mol. The Balaban J connectivity index is 0.972. The minimum absolute atomic E-state index is 0.0511. The van der Waals surface area contributed by atoms with Gasteiger partial charge < -0.3 is 30.0 Å². The van der Waals surface area contributed by atoms with Gasteiger partial charge in [0, 0.05) is 24.9 Å². The number of carbonyl (C=O) groups is 4. The summed E-state index contributed by atoms with van der Waals surface area (Å²) in [5, 5.41) is 4.90. The Hall–Kier alpha value is -4.49. The van der Waals surface area contributed by atoms with Crippen LogP contribution in [0.4, 0.5) is 22.4 Å². The first kappa shape index (κ1) is 44.1. The van der Waals surface area contributed by atoms with E-state index in [2.05, 4.69) is 20.6 Å². The molecule has 4 N–H and O–H groups in total. The number of halogens is 4. The van der Waals surface area contributed by atoms with Crippen molar-refractivity contribution < 1.29 is 54.6 Å². The number of hydrogen-bond donors (Lipinski definition) is 4. The summed E-state index contributed by atoms with van der Waals surface area (Å²) in [4.78, 5) is 73.7. The molecule has 7 atom stereocenters. The van der Waals surface area contributed by atoms with Gasteiger partial charge in [0.1, 0.15) is 29.0 Å². The van der Waals surface area contributed by atoms with Crippen molar-refractivity contribution in [1.82, 2.24) is 30.2 Å². The lowest BCUT2D eigenvalue weighted by atomic mass is 9.96. The molecule has 4 fully saturated rings. The van der Waals surface area contributed by atoms with Crippen LogP contribution in [0.2, 0.25) is 0 Å². The normalized spacial score (nSPS) is 27.5. The fourth-order valence-corrected chi connectivity index (χ4v) is 9.49. The Bertz CT molecular complexity index is 2150. The number of alkyl carbamates (subject to hydrolysis) is 1. The third kappa shape index (κ3) is 9.01. The zero-order valence-electron chi connectivity index (χ0n) is 33.7. The van der Waals surface area contributed by atoms with Gasteiger partial charge in [-0.25, -0.2) is 27.0 Å². The van der Waals surface area contributed by atoms with Crippen molar-refractivity contribution in [2.24, 2.45) is 17.8 Å². The number of H-pyrrole nitrogens is 1. The number of alkyl halides is 4. The second-order valence-electron chi connectivity index (χ2n) is 17.0. The van der Waals surface area contributed by atoms with E-state index >= 15 is 8.78 Å². The van der Waals surface area contributed by atoms with Gasteiger partial charge in [0.25, 0.3) is 17.4 Å². The van der Waals surface area contributed by atoms with Gasteiger partial charge in [-0.1, -0.05) is 26.2 Å². The molecule has 1 aromatic heterocycles. The van der Waals surface area contributed by atoms with E-state index in [4.69, 9.17) is 9.47 Å². The monoisotopic (exact) mass is 856 g/mol. The molecular weight excluding hydrogens is 805 g/mol. The highest BCUT2D eigenvalue weighted by Crippen LogP contribution is 2.51. The summed E-state index contributed by atoms with van der Waals surface area (Å²) in [6.45, 7) is 6.46. The summed E-state index contributed by atoms with van der Waals surface area (Å²) in [5.41, 5.74) is -4.35. The number of amides is 4. The molecule has 59 heavy (non-hydrogen) atoms. The molecule has 0 radical (unpaired) electrons. The largest absolute Gasteiger partial charge is 0.497 e. The summed E-state index contributed by atoms with van der Waals surface area (Å²) in [6.07, 6.45) is -1.35. The quantitative estimate of drug-likeness (QED) is 0.121. The van der Waals surface area contributed by atoms with Crippen LogP contribution in [0.15, 0.2) is 23.0 Å². The van der Waals surface area contributed by atoms with Gasteiger partial charge in [0.05, 0.1) is 28.8 Å². The van der Waals surface area contributed by atoms with Crippen molar-refractivity contribution in [2.75, 3.05) is 13.7 Å². The van der Waals surface area contributed by atoms with Crippen LogP contribution in [0.25, 0.3) is 11.0 Å². The van der Waals surface area contributed by atoms with E-state index in [0.29, 0.717) is 57.1 Å². The van der Waals surface area contributed by atoms with Gasteiger partial charge in [0.2, 0.25) is 28.3 Å². The van der Waals surface area contributed by atoms with Gasteiger partial charge in [-0.15, -0.1) is 0 Å². The van der Waals surface area contributed by atoms with Crippen molar-refractivity contribution in [3.63, 3.8) is 0 Å². The summed E-state index contributed by atoms with van der Waals surface area (Å²) in [7, 11) is -2.74. The third-order valence-corrected chi connectivity index (χ3v) is 14.8. The second kappa shape index (κ2) is 16.2. The zero-order valence-corrected chi connectivity index (χ0v) is 34.5. The molecule has 3 aliphatic carbocycles. The zero-order chi connectivity index (χ0) is 43.3. The maximum atomic E-state index is 15.1. The lowest BCUT2D eigenvalue weighted by molar-refractivity contribution is -0.142. The highest BCUT2D eigenvalue weighted by atomic mass is 32.2. The Morgan fingerprint density at radius 2 is 1.81 bits per heavy atom. The van der Waals surface area contributed by atoms with Crippen LogP contribution in [0.5, 0.6) is 5.75 Å². The van der Waals surface area contributed by atoms with Gasteiger partial charge in [-0.3, -0.25) is 23.9 Å². The number of nitrogens with one attached hydrogen (secondary N) is 4. The molecule has 1 aliphatic heterocycles. The number of carbonyl (C=O) groups excluding carboxylic acids is 4. The fourth-order valence-electron chi connectivity index (χ4n) is 8.18. The first-order valence-corrected chi connectivity index (χ1v) is 21.5. The van der Waals surface area contributed by atoms with Crippen molar-refractivity contribution in [3.05, 3.63) is 34.2 Å². The number of rotatable bonds is 18. The van der Waals surface area contributed by atoms with E-state index in [1.54, 1.807) is 19.9 Å². The van der Waals surface area contributed by atoms with Crippen LogP contribution in [0, 0.1) is 17.8 Å². The van der Waals surface area contributed by atoms with Crippen molar-refractivity contribution in [2.45, 2.75) is 139 Å². The fraction of sp³-hybridized carbons (Fsp3) is 0.692. The molecule has 1 aromatic carbocycles. The maximum absolute atomic E-state index is 15.1. The Labute approximate surface area is 339 Å². The minimum Gasteiger partial charge on any atom is -0.497 e. The number of fused-ring (bicyclic) bond motifs is 1. The number of hydrogen-bond acceptors (Lipinski definition) is 10. The third-order valence-electron chi connectivity index (χ3n) is 12.7. The highest BCUT2D eigenvalue weighted by Gasteiger charge is 2.67. The number of sulfonamides is 1. The molecule has 0 unspecified atom stereocenters. The topological polar surface area (TPSA) is 206 Å². The average Bonchev–Trinajstić information content (AvgIpc) is 4.12. The number of nitrogens with zero attached hydrogens (tertiary/aromatic N) is 2. The molecule has 1 saturated heterocycles. The molecule has 326 valence electrons. The van der Waals surface area contributed by atoms with Gasteiger partial charge in [-0.2, -0.15) is 8.78 Å². The number of likely N-dealkylation sites (tertiary alicyclic amines) is 1. The van der Waals surface area contributed by atoms with Crippen LogP contribution in [0.3, 0.4) is 0 Å². The minimum atomic E-state index is -4.19. The molecule has 0 bridgehead atoms. The SMILES string of the molecule is CC[C@@H]1CCN(C(=O)[C@H](C)NC(=O)O[C@]2(C)C[C@H]2CCCCCC(F)(F)c2nc3ccc(OC)cc3[nH]c2=O)[C@@H]1C(=O)N[C@]1(C(=O)NS(=O)(=O)C2(C)CC2)C[C@H]1C(F)F. The van der Waals surface area contributed by atoms with Crippen LogP contribution in [0.1, 0.15) is 104 Å². The smallest absolute Gasteiger partial charge is 0.408 e. The summed E-state index contributed by atoms with van der Waals surface area (Å²) >= 11 is 0. The van der Waals surface area contributed by atoms with Gasteiger partial charge >= 0.3 is 6.09 Å². The standard InChI is InChI=1S/C39H52F4N6O9S/c1-6-22-13-17-49(28(22)31(50)47-38(20-25(38)30(40)41)34(53)48-59(55,56)36(3)15-16-36)33(52)21(2)44-35(54)58-37(4)19-23(37)10-8-7-9-14-39(42,43)29-32(51)46-27-18-24(57-5)11-12-26(27)45-29/h11-12,18,21-23,25,28,30H,6-10,13-17,19-20H2,1-5H3,(H,44,54)(H,46,51)(H,47,50)(H,48,53)/t21-,22+,23+,25-,28-,37+,38+/m0/s1. The molecular formula is C39H52F4N6O9S. The van der Waals surface area contributed by atoms with Crippen molar-refractivity contribution >= 4 is 44.9 Å². The lowest BCUT2D eigenvalue weighted by Gasteiger charge is -2.31. The number of methoxy groups -OCH3 is 1. The van der Waals surface area contributed by atoms with Crippen LogP contribution in [-0.4, -0.2) is 95.2 Å². The van der Waals surface area contributed by atoms with E-state index in [0.717, 1.165) is 0 Å². The molecule has 0 spiro atoms. The molecule has 4 aliphatic rings. The number of benzene rings is 1. The van der Waals surface area contributed by atoms with Crippen molar-refractivity contribution in [1.29, 1.82) is 0 Å². The number of aromatic nitrogens is 2. The van der Waals surface area contributed by atoms with Gasteiger partial charge in [0.15, 0.2) is 5.69 Å². The Kier molecular flexibility index (Phi) is 12.1. The van der Waals surface area contributed by atoms with Crippen molar-refractivity contribution in [3.8, 4) is 5.75 Å². The number of ether oxygens (including phenoxy) is 2. The molecule has 2 heterocycles. The predicted octanol–water partition coefficient (Wildman–Crippen LogP) is 4.63. The van der Waals surface area contributed by atoms with E-state index in [1.165, 1.54) is 38.0 Å². The first-order chi connectivity index (χ1) is 27.6. The molecule has 6 rings (SSSR count).